The smallest absolute Gasteiger partial charge is 0.117 e. The van der Waals surface area contributed by atoms with Crippen LogP contribution in [0.15, 0.2) is 24.4 Å². The second-order valence-corrected chi connectivity index (χ2v) is 3.21. The first-order valence-electron chi connectivity index (χ1n) is 3.99. The number of hydrogen-bond donors (Lipinski definition) is 1. The second kappa shape index (κ2) is 2.84. The molecular weight excluding hydrogens is 154 g/mol. The highest BCUT2D eigenvalue weighted by Gasteiger charge is 2.36. The molecule has 1 aliphatic heterocycles. The fourth-order valence-electron chi connectivity index (χ4n) is 1.28. The molecule has 12 heavy (non-hydrogen) atoms. The molecule has 0 spiro atoms. The monoisotopic (exact) mass is 165 g/mol. The third-order valence-corrected chi connectivity index (χ3v) is 1.98. The molecule has 1 saturated heterocycles. The Morgan fingerprint density at radius 2 is 2.33 bits per heavy atom. The van der Waals surface area contributed by atoms with Gasteiger partial charge in [0.05, 0.1) is 13.2 Å². The fourth-order valence-corrected chi connectivity index (χ4v) is 1.28. The number of hydrogen-bond acceptors (Lipinski definition) is 3. The Kier molecular flexibility index (Phi) is 1.83. The van der Waals surface area contributed by atoms with E-state index in [4.69, 9.17) is 4.74 Å². The molecule has 64 valence electrons. The molecule has 3 heteroatoms. The van der Waals surface area contributed by atoms with Gasteiger partial charge in [-0.15, -0.1) is 0 Å². The average molecular weight is 165 g/mol. The first-order valence-corrected chi connectivity index (χ1v) is 3.99. The van der Waals surface area contributed by atoms with E-state index in [0.717, 1.165) is 5.69 Å². The van der Waals surface area contributed by atoms with Crippen molar-refractivity contribution in [3.05, 3.63) is 30.1 Å². The van der Waals surface area contributed by atoms with Crippen LogP contribution >= 0.6 is 0 Å². The largest absolute Gasteiger partial charge is 0.385 e. The number of nitrogens with zero attached hydrogens (tertiary/aromatic N) is 1. The fraction of sp³-hybridized carbons (Fsp3) is 0.444. The lowest BCUT2D eigenvalue weighted by atomic mass is 9.96. The molecule has 1 aromatic heterocycles. The predicted molar refractivity (Wildman–Crippen MR) is 43.7 cm³/mol. The molecule has 0 unspecified atom stereocenters. The Morgan fingerprint density at radius 3 is 2.83 bits per heavy atom. The molecule has 1 aliphatic rings. The van der Waals surface area contributed by atoms with Gasteiger partial charge in [-0.3, -0.25) is 4.98 Å². The van der Waals surface area contributed by atoms with E-state index in [1.54, 1.807) is 6.20 Å². The molecule has 0 amide bonds. The maximum atomic E-state index is 9.70. The average Bonchev–Trinajstić information content (AvgIpc) is 2.04. The maximum Gasteiger partial charge on any atom is 0.117 e. The minimum atomic E-state index is -0.658. The summed E-state index contributed by atoms with van der Waals surface area (Å²) in [5.74, 6) is 0. The minimum absolute atomic E-state index is 0.434. The molecule has 2 heterocycles. The van der Waals surface area contributed by atoms with Gasteiger partial charge < -0.3 is 9.84 Å². The summed E-state index contributed by atoms with van der Waals surface area (Å²) in [6.45, 7) is 0.868. The van der Waals surface area contributed by atoms with Gasteiger partial charge in [0.15, 0.2) is 0 Å². The molecule has 1 fully saturated rings. The van der Waals surface area contributed by atoms with Crippen LogP contribution in [-0.4, -0.2) is 28.9 Å². The van der Waals surface area contributed by atoms with E-state index in [1.165, 1.54) is 0 Å². The third-order valence-electron chi connectivity index (χ3n) is 1.98. The van der Waals surface area contributed by atoms with Gasteiger partial charge in [0.2, 0.25) is 0 Å². The van der Waals surface area contributed by atoms with Crippen molar-refractivity contribution >= 4 is 0 Å². The molecule has 0 saturated carbocycles. The van der Waals surface area contributed by atoms with Crippen LogP contribution in [0.25, 0.3) is 0 Å². The topological polar surface area (TPSA) is 42.4 Å². The molecule has 0 aromatic carbocycles. The number of aliphatic hydroxyl groups is 1. The van der Waals surface area contributed by atoms with Crippen molar-refractivity contribution in [3.63, 3.8) is 0 Å². The van der Waals surface area contributed by atoms with Gasteiger partial charge in [-0.2, -0.15) is 0 Å². The summed E-state index contributed by atoms with van der Waals surface area (Å²) in [7, 11) is 0. The Labute approximate surface area is 71.0 Å². The van der Waals surface area contributed by atoms with Gasteiger partial charge in [0.25, 0.3) is 0 Å². The van der Waals surface area contributed by atoms with Crippen LogP contribution in [0.5, 0.6) is 0 Å². The van der Waals surface area contributed by atoms with Crippen molar-refractivity contribution < 1.29 is 9.84 Å². The van der Waals surface area contributed by atoms with Crippen molar-refractivity contribution in [2.75, 3.05) is 13.2 Å². The summed E-state index contributed by atoms with van der Waals surface area (Å²) < 4.78 is 4.93. The van der Waals surface area contributed by atoms with Gasteiger partial charge in [-0.1, -0.05) is 6.07 Å². The zero-order valence-electron chi connectivity index (χ0n) is 6.73. The van der Waals surface area contributed by atoms with Crippen molar-refractivity contribution in [1.29, 1.82) is 0 Å². The Hall–Kier alpha value is -0.930. The normalized spacial score (nSPS) is 20.1. The van der Waals surface area contributed by atoms with E-state index in [2.05, 4.69) is 4.98 Å². The van der Waals surface area contributed by atoms with Crippen molar-refractivity contribution in [2.45, 2.75) is 12.0 Å². The Bertz CT molecular complexity index is 256. The first-order chi connectivity index (χ1) is 5.79. The molecule has 0 atom stereocenters. The van der Waals surface area contributed by atoms with Crippen LogP contribution in [0, 0.1) is 0 Å². The van der Waals surface area contributed by atoms with Gasteiger partial charge in [0, 0.05) is 18.3 Å². The molecule has 0 aliphatic carbocycles. The number of aromatic nitrogens is 1. The molecular formula is C9H11NO2. The summed E-state index contributed by atoms with van der Waals surface area (Å²) >= 11 is 0. The van der Waals surface area contributed by atoms with Crippen LogP contribution in [0.4, 0.5) is 0 Å². The Morgan fingerprint density at radius 1 is 1.50 bits per heavy atom. The van der Waals surface area contributed by atoms with E-state index >= 15 is 0 Å². The lowest BCUT2D eigenvalue weighted by molar-refractivity contribution is -0.177. The molecule has 0 radical (unpaired) electrons. The summed E-state index contributed by atoms with van der Waals surface area (Å²) in [5.41, 5.74) is 0.261. The van der Waals surface area contributed by atoms with Gasteiger partial charge in [-0.05, 0) is 12.1 Å². The highest BCUT2D eigenvalue weighted by atomic mass is 16.5. The summed E-state index contributed by atoms with van der Waals surface area (Å²) in [5, 5.41) is 9.70. The van der Waals surface area contributed by atoms with Gasteiger partial charge >= 0.3 is 0 Å². The lowest BCUT2D eigenvalue weighted by Gasteiger charge is -2.35. The first kappa shape index (κ1) is 7.71. The molecule has 1 aromatic rings. The van der Waals surface area contributed by atoms with E-state index in [1.807, 2.05) is 18.2 Å². The molecule has 0 bridgehead atoms. The number of ether oxygens (including phenoxy) is 1. The Balaban J connectivity index is 2.04. The van der Waals surface area contributed by atoms with Crippen LogP contribution in [0.3, 0.4) is 0 Å². The molecule has 3 nitrogen and oxygen atoms in total. The van der Waals surface area contributed by atoms with Crippen LogP contribution < -0.4 is 0 Å². The highest BCUT2D eigenvalue weighted by molar-refractivity contribution is 5.08. The molecule has 1 N–H and O–H groups in total. The predicted octanol–water partition coefficient (Wildman–Crippen LogP) is 0.385. The standard InChI is InChI=1S/C9H11NO2/c11-9(6-12-7-9)5-8-3-1-2-4-10-8/h1-4,11H,5-7H2. The van der Waals surface area contributed by atoms with Crippen LogP contribution in [0.2, 0.25) is 0 Å². The van der Waals surface area contributed by atoms with Crippen molar-refractivity contribution in [3.8, 4) is 0 Å². The summed E-state index contributed by atoms with van der Waals surface area (Å²) in [6, 6.07) is 5.70. The molecule has 2 rings (SSSR count). The third kappa shape index (κ3) is 1.47. The zero-order valence-corrected chi connectivity index (χ0v) is 6.73. The lowest BCUT2D eigenvalue weighted by Crippen LogP contribution is -2.51. The zero-order chi connectivity index (χ0) is 8.44. The van der Waals surface area contributed by atoms with Gasteiger partial charge in [0.1, 0.15) is 5.60 Å². The summed E-state index contributed by atoms with van der Waals surface area (Å²) in [4.78, 5) is 4.13. The van der Waals surface area contributed by atoms with Crippen LogP contribution in [0.1, 0.15) is 5.69 Å². The summed E-state index contributed by atoms with van der Waals surface area (Å²) in [6.07, 6.45) is 2.33. The maximum absolute atomic E-state index is 9.70. The quantitative estimate of drug-likeness (QED) is 0.689. The van der Waals surface area contributed by atoms with E-state index in [9.17, 15) is 5.11 Å². The van der Waals surface area contributed by atoms with Crippen molar-refractivity contribution in [1.82, 2.24) is 4.98 Å². The van der Waals surface area contributed by atoms with Crippen molar-refractivity contribution in [2.24, 2.45) is 0 Å². The SMILES string of the molecule is OC1(Cc2ccccn2)COC1. The highest BCUT2D eigenvalue weighted by Crippen LogP contribution is 2.20. The van der Waals surface area contributed by atoms with E-state index in [0.29, 0.717) is 19.6 Å². The van der Waals surface area contributed by atoms with E-state index in [-0.39, 0.29) is 0 Å². The number of rotatable bonds is 2. The second-order valence-electron chi connectivity index (χ2n) is 3.21. The minimum Gasteiger partial charge on any atom is -0.385 e. The van der Waals surface area contributed by atoms with Crippen LogP contribution in [-0.2, 0) is 11.2 Å². The van der Waals surface area contributed by atoms with Gasteiger partial charge in [-0.25, -0.2) is 0 Å². The van der Waals surface area contributed by atoms with E-state index < -0.39 is 5.60 Å². The number of pyridine rings is 1.